The predicted octanol–water partition coefficient (Wildman–Crippen LogP) is 2.89. The second-order valence-corrected chi connectivity index (χ2v) is 7.75. The minimum absolute atomic E-state index is 0.00468. The fourth-order valence-electron chi connectivity index (χ4n) is 5.65. The smallest absolute Gasteiger partial charge is 0.216 e. The normalized spacial score (nSPS) is 48.4. The lowest BCUT2D eigenvalue weighted by molar-refractivity contribution is -0.289. The predicted molar refractivity (Wildman–Crippen MR) is 86.4 cm³/mol. The number of hydrogen-bond acceptors (Lipinski definition) is 6. The molecule has 128 valence electrons. The van der Waals surface area contributed by atoms with E-state index in [4.69, 9.17) is 14.9 Å². The van der Waals surface area contributed by atoms with E-state index in [0.717, 1.165) is 12.8 Å². The van der Waals surface area contributed by atoms with Gasteiger partial charge in [0.1, 0.15) is 0 Å². The van der Waals surface area contributed by atoms with Crippen LogP contribution >= 0.6 is 0 Å². The number of nitrogens with zero attached hydrogens (tertiary/aromatic N) is 3. The third-order valence-corrected chi connectivity index (χ3v) is 7.06. The third-order valence-electron chi connectivity index (χ3n) is 7.06. The van der Waals surface area contributed by atoms with Gasteiger partial charge >= 0.3 is 0 Å². The molecule has 2 aliphatic carbocycles. The summed E-state index contributed by atoms with van der Waals surface area (Å²) in [5.74, 6) is -1.28. The molecule has 0 spiro atoms. The Bertz CT molecular complexity index is 786. The van der Waals surface area contributed by atoms with Gasteiger partial charge in [-0.2, -0.15) is 15.8 Å². The summed E-state index contributed by atoms with van der Waals surface area (Å²) in [6.07, 6.45) is 5.91. The van der Waals surface area contributed by atoms with E-state index in [1.165, 1.54) is 0 Å². The van der Waals surface area contributed by atoms with E-state index in [2.05, 4.69) is 30.4 Å². The summed E-state index contributed by atoms with van der Waals surface area (Å²) in [6, 6.07) is 6.41. The molecular formula is C19H20N4O2. The van der Waals surface area contributed by atoms with Gasteiger partial charge in [0, 0.05) is 6.42 Å². The number of hydrogen-bond donors (Lipinski definition) is 1. The summed E-state index contributed by atoms with van der Waals surface area (Å²) in [5.41, 5.74) is -3.34. The molecule has 25 heavy (non-hydrogen) atoms. The average molecular weight is 336 g/mol. The molecule has 1 saturated carbocycles. The first-order valence-corrected chi connectivity index (χ1v) is 8.82. The van der Waals surface area contributed by atoms with Crippen molar-refractivity contribution in [1.82, 2.24) is 0 Å². The first kappa shape index (κ1) is 16.1. The third kappa shape index (κ3) is 1.54. The van der Waals surface area contributed by atoms with Crippen LogP contribution in [0.5, 0.6) is 0 Å². The summed E-state index contributed by atoms with van der Waals surface area (Å²) >= 11 is 0. The van der Waals surface area contributed by atoms with Gasteiger partial charge in [0.25, 0.3) is 0 Å². The first-order chi connectivity index (χ1) is 11.9. The lowest BCUT2D eigenvalue weighted by atomic mass is 9.52. The molecule has 6 nitrogen and oxygen atoms in total. The number of nitrogens with one attached hydrogen (secondary N) is 1. The van der Waals surface area contributed by atoms with Crippen LogP contribution in [0.15, 0.2) is 12.2 Å². The maximum atomic E-state index is 10.1. The molecule has 3 fully saturated rings. The van der Waals surface area contributed by atoms with Crippen LogP contribution in [0.1, 0.15) is 33.1 Å². The fraction of sp³-hybridized carbons (Fsp3) is 0.684. The number of nitriles is 3. The molecule has 7 unspecified atom stereocenters. The van der Waals surface area contributed by atoms with Crippen LogP contribution in [0.3, 0.4) is 0 Å². The van der Waals surface area contributed by atoms with Gasteiger partial charge in [-0.05, 0) is 30.6 Å². The van der Waals surface area contributed by atoms with Crippen molar-refractivity contribution in [1.29, 1.82) is 21.2 Å². The zero-order chi connectivity index (χ0) is 18.0. The Morgan fingerprint density at radius 1 is 1.20 bits per heavy atom. The summed E-state index contributed by atoms with van der Waals surface area (Å²) in [4.78, 5) is 0. The quantitative estimate of drug-likeness (QED) is 0.779. The highest BCUT2D eigenvalue weighted by molar-refractivity contribution is 5.89. The van der Waals surface area contributed by atoms with E-state index in [9.17, 15) is 15.8 Å². The molecule has 7 atom stereocenters. The Morgan fingerprint density at radius 3 is 2.40 bits per heavy atom. The molecule has 4 aliphatic rings. The lowest BCUT2D eigenvalue weighted by Gasteiger charge is -2.51. The topological polar surface area (TPSA) is 114 Å². The maximum Gasteiger partial charge on any atom is 0.216 e. The lowest BCUT2D eigenvalue weighted by Crippen LogP contribution is -2.63. The highest BCUT2D eigenvalue weighted by atomic mass is 16.7. The van der Waals surface area contributed by atoms with Crippen molar-refractivity contribution >= 4 is 5.90 Å². The van der Waals surface area contributed by atoms with Crippen LogP contribution in [0.2, 0.25) is 0 Å². The maximum absolute atomic E-state index is 10.1. The molecule has 4 rings (SSSR count). The molecule has 0 radical (unpaired) electrons. The summed E-state index contributed by atoms with van der Waals surface area (Å²) in [5, 5.41) is 38.6. The summed E-state index contributed by atoms with van der Waals surface area (Å²) in [7, 11) is 0. The van der Waals surface area contributed by atoms with Gasteiger partial charge in [0.05, 0.1) is 30.2 Å². The zero-order valence-corrected chi connectivity index (χ0v) is 14.3. The Kier molecular flexibility index (Phi) is 3.12. The molecule has 0 aromatic heterocycles. The van der Waals surface area contributed by atoms with Crippen molar-refractivity contribution < 1.29 is 9.47 Å². The second-order valence-electron chi connectivity index (χ2n) is 7.75. The number of ether oxygens (including phenoxy) is 2. The average Bonchev–Trinajstić information content (AvgIpc) is 3.29. The van der Waals surface area contributed by atoms with Gasteiger partial charge in [-0.3, -0.25) is 5.41 Å². The van der Waals surface area contributed by atoms with Crippen LogP contribution in [0.4, 0.5) is 0 Å². The van der Waals surface area contributed by atoms with E-state index in [1.807, 2.05) is 6.92 Å². The van der Waals surface area contributed by atoms with E-state index in [1.54, 1.807) is 6.92 Å². The van der Waals surface area contributed by atoms with Crippen LogP contribution < -0.4 is 0 Å². The van der Waals surface area contributed by atoms with Crippen LogP contribution in [-0.2, 0) is 9.47 Å². The first-order valence-electron chi connectivity index (χ1n) is 8.82. The van der Waals surface area contributed by atoms with Crippen molar-refractivity contribution in [2.75, 3.05) is 0 Å². The van der Waals surface area contributed by atoms with Gasteiger partial charge < -0.3 is 9.47 Å². The summed E-state index contributed by atoms with van der Waals surface area (Å²) < 4.78 is 12.1. The molecule has 4 bridgehead atoms. The van der Waals surface area contributed by atoms with Gasteiger partial charge in [0.2, 0.25) is 11.7 Å². The standard InChI is InChI=1S/C19H20N4O2/c1-3-19-11(2)18(10-22,16(23)25-19)17(8-20,9-21)15(24-19)14-7-12-4-5-13(14)6-12/h4-5,11-15,23H,3,6-7H2,1-2H3. The van der Waals surface area contributed by atoms with E-state index in [-0.39, 0.29) is 17.7 Å². The molecule has 2 aliphatic heterocycles. The molecule has 2 saturated heterocycles. The highest BCUT2D eigenvalue weighted by Crippen LogP contribution is 2.66. The minimum atomic E-state index is -1.74. The van der Waals surface area contributed by atoms with Gasteiger partial charge in [-0.1, -0.05) is 26.0 Å². The van der Waals surface area contributed by atoms with E-state index >= 15 is 0 Å². The zero-order valence-electron chi connectivity index (χ0n) is 14.3. The Labute approximate surface area is 147 Å². The van der Waals surface area contributed by atoms with Crippen molar-refractivity contribution in [2.45, 2.75) is 45.0 Å². The molecule has 2 heterocycles. The number of allylic oxidation sites excluding steroid dienone is 2. The van der Waals surface area contributed by atoms with E-state index in [0.29, 0.717) is 12.3 Å². The summed E-state index contributed by atoms with van der Waals surface area (Å²) in [6.45, 7) is 3.65. The molecule has 1 N–H and O–H groups in total. The highest BCUT2D eigenvalue weighted by Gasteiger charge is 2.79. The SMILES string of the molecule is CCC12OC(=N)C(C#N)(C1C)C(C#N)(C#N)C(C1CC3C=CC1C3)O2. The fourth-order valence-corrected chi connectivity index (χ4v) is 5.65. The molecule has 0 aromatic carbocycles. The Hall–Kier alpha value is -2.36. The molecule has 0 aromatic rings. The minimum Gasteiger partial charge on any atom is -0.447 e. The molecule has 6 heteroatoms. The van der Waals surface area contributed by atoms with Crippen LogP contribution in [0.25, 0.3) is 0 Å². The van der Waals surface area contributed by atoms with Crippen LogP contribution in [0, 0.1) is 73.9 Å². The van der Waals surface area contributed by atoms with Crippen molar-refractivity contribution in [3.63, 3.8) is 0 Å². The number of rotatable bonds is 2. The Balaban J connectivity index is 1.93. The monoisotopic (exact) mass is 336 g/mol. The van der Waals surface area contributed by atoms with Gasteiger partial charge in [-0.15, -0.1) is 0 Å². The number of fused-ring (bicyclic) bond motifs is 4. The largest absolute Gasteiger partial charge is 0.447 e. The molecular weight excluding hydrogens is 316 g/mol. The Morgan fingerprint density at radius 2 is 1.92 bits per heavy atom. The molecule has 0 amide bonds. The van der Waals surface area contributed by atoms with Crippen LogP contribution in [-0.4, -0.2) is 17.8 Å². The van der Waals surface area contributed by atoms with Crippen molar-refractivity contribution in [3.8, 4) is 18.2 Å². The second kappa shape index (κ2) is 4.84. The van der Waals surface area contributed by atoms with Crippen molar-refractivity contribution in [3.05, 3.63) is 12.2 Å². The van der Waals surface area contributed by atoms with Gasteiger partial charge in [0.15, 0.2) is 10.8 Å². The van der Waals surface area contributed by atoms with Crippen molar-refractivity contribution in [2.24, 2.45) is 34.5 Å². The van der Waals surface area contributed by atoms with E-state index < -0.39 is 28.6 Å². The van der Waals surface area contributed by atoms with Gasteiger partial charge in [-0.25, -0.2) is 0 Å².